The second kappa shape index (κ2) is 9.76. The van der Waals surface area contributed by atoms with Crippen LogP contribution in [-0.4, -0.2) is 36.5 Å². The van der Waals surface area contributed by atoms with Crippen LogP contribution >= 0.6 is 0 Å². The minimum absolute atomic E-state index is 0.0469. The van der Waals surface area contributed by atoms with Gasteiger partial charge in [-0.05, 0) is 23.8 Å². The quantitative estimate of drug-likeness (QED) is 0.357. The third-order valence-corrected chi connectivity index (χ3v) is 5.56. The van der Waals surface area contributed by atoms with Gasteiger partial charge in [0, 0.05) is 18.2 Å². The Morgan fingerprint density at radius 3 is 2.38 bits per heavy atom. The molecule has 0 radical (unpaired) electrons. The normalized spacial score (nSPS) is 12.9. The number of halogens is 6. The maximum Gasteiger partial charge on any atom is 0.416 e. The van der Waals surface area contributed by atoms with Crippen molar-refractivity contribution in [2.45, 2.75) is 31.9 Å². The van der Waals surface area contributed by atoms with Crippen molar-refractivity contribution in [3.05, 3.63) is 80.2 Å². The molecule has 0 aliphatic rings. The summed E-state index contributed by atoms with van der Waals surface area (Å²) in [5.74, 6) is -1.06. The fourth-order valence-electron chi connectivity index (χ4n) is 3.63. The molecule has 4 rings (SSSR count). The standard InChI is InChI=1S/C23H18F6N4O4/c1-32-17-20(33(22(36)31-21(17)35)9-16(34)23(27,28)29)30-19(32)13-6-7-15(14(24)8-13)37-10-11-2-4-12(5-3-11)18(25)26/h2-8,16,18,34H,9-10H2,1H3,(H,31,35,36). The number of imidazole rings is 1. The number of aryl methyl sites for hydroxylation is 1. The number of benzene rings is 2. The van der Waals surface area contributed by atoms with Crippen molar-refractivity contribution in [1.29, 1.82) is 0 Å². The summed E-state index contributed by atoms with van der Waals surface area (Å²) >= 11 is 0. The summed E-state index contributed by atoms with van der Waals surface area (Å²) in [5.41, 5.74) is -2.38. The first-order valence-corrected chi connectivity index (χ1v) is 10.6. The monoisotopic (exact) mass is 528 g/mol. The van der Waals surface area contributed by atoms with E-state index in [1.807, 2.05) is 4.98 Å². The number of hydrogen-bond acceptors (Lipinski definition) is 5. The first kappa shape index (κ1) is 26.0. The van der Waals surface area contributed by atoms with E-state index < -0.39 is 48.0 Å². The number of aliphatic hydroxyl groups excluding tert-OH is 1. The lowest BCUT2D eigenvalue weighted by Crippen LogP contribution is -2.39. The Hall–Kier alpha value is -4.07. The van der Waals surface area contributed by atoms with E-state index in [0.717, 1.165) is 6.07 Å². The molecule has 2 N–H and O–H groups in total. The van der Waals surface area contributed by atoms with Gasteiger partial charge in [-0.1, -0.05) is 24.3 Å². The lowest BCUT2D eigenvalue weighted by Gasteiger charge is -2.15. The zero-order chi connectivity index (χ0) is 27.1. The van der Waals surface area contributed by atoms with Crippen molar-refractivity contribution in [3.8, 4) is 17.1 Å². The highest BCUT2D eigenvalue weighted by Gasteiger charge is 2.39. The molecule has 14 heteroatoms. The molecule has 196 valence electrons. The lowest BCUT2D eigenvalue weighted by molar-refractivity contribution is -0.207. The number of H-pyrrole nitrogens is 1. The number of alkyl halides is 5. The van der Waals surface area contributed by atoms with Gasteiger partial charge in [-0.25, -0.2) is 22.9 Å². The van der Waals surface area contributed by atoms with Gasteiger partial charge in [0.25, 0.3) is 12.0 Å². The van der Waals surface area contributed by atoms with Gasteiger partial charge in [0.15, 0.2) is 28.8 Å². The Bertz CT molecular complexity index is 1560. The van der Waals surface area contributed by atoms with Crippen LogP contribution < -0.4 is 16.0 Å². The second-order valence-corrected chi connectivity index (χ2v) is 8.07. The average Bonchev–Trinajstić information content (AvgIpc) is 3.17. The second-order valence-electron chi connectivity index (χ2n) is 8.07. The zero-order valence-electron chi connectivity index (χ0n) is 18.9. The SMILES string of the molecule is Cn1c(-c2ccc(OCc3ccc(C(F)F)cc3)c(F)c2)nc2c1c(=O)[nH]c(=O)n2CC(O)C(F)(F)F. The highest BCUT2D eigenvalue weighted by Crippen LogP contribution is 2.28. The summed E-state index contributed by atoms with van der Waals surface area (Å²) in [6.07, 6.45) is -10.5. The van der Waals surface area contributed by atoms with Crippen molar-refractivity contribution in [1.82, 2.24) is 19.1 Å². The van der Waals surface area contributed by atoms with E-state index in [0.29, 0.717) is 10.1 Å². The number of fused-ring (bicyclic) bond motifs is 1. The molecule has 0 spiro atoms. The summed E-state index contributed by atoms with van der Waals surface area (Å²) in [6, 6.07) is 8.92. The fourth-order valence-corrected chi connectivity index (χ4v) is 3.63. The molecule has 0 saturated heterocycles. The van der Waals surface area contributed by atoms with Crippen molar-refractivity contribution >= 4 is 11.2 Å². The molecular formula is C23H18F6N4O4. The first-order chi connectivity index (χ1) is 17.4. The number of hydrogen-bond donors (Lipinski definition) is 2. The molecule has 1 atom stereocenters. The van der Waals surface area contributed by atoms with E-state index in [4.69, 9.17) is 4.74 Å². The van der Waals surface area contributed by atoms with E-state index in [1.54, 1.807) is 0 Å². The van der Waals surface area contributed by atoms with Crippen LogP contribution in [0.2, 0.25) is 0 Å². The third kappa shape index (κ3) is 5.23. The maximum atomic E-state index is 14.8. The third-order valence-electron chi connectivity index (χ3n) is 5.56. The summed E-state index contributed by atoms with van der Waals surface area (Å²) in [4.78, 5) is 30.5. The van der Waals surface area contributed by atoms with E-state index in [1.165, 1.54) is 48.0 Å². The van der Waals surface area contributed by atoms with Gasteiger partial charge in [0.2, 0.25) is 0 Å². The van der Waals surface area contributed by atoms with Crippen LogP contribution in [-0.2, 0) is 20.2 Å². The van der Waals surface area contributed by atoms with Crippen molar-refractivity contribution in [2.24, 2.45) is 7.05 Å². The molecule has 0 aliphatic carbocycles. The topological polar surface area (TPSA) is 102 Å². The minimum Gasteiger partial charge on any atom is -0.486 e. The summed E-state index contributed by atoms with van der Waals surface area (Å²) in [5, 5.41) is 9.41. The fraction of sp³-hybridized carbons (Fsp3) is 0.261. The Balaban J connectivity index is 1.65. The first-order valence-electron chi connectivity index (χ1n) is 10.6. The number of nitrogens with zero attached hydrogens (tertiary/aromatic N) is 3. The minimum atomic E-state index is -5.02. The van der Waals surface area contributed by atoms with Gasteiger partial charge < -0.3 is 14.4 Å². The van der Waals surface area contributed by atoms with E-state index >= 15 is 0 Å². The number of aromatic amines is 1. The van der Waals surface area contributed by atoms with Crippen molar-refractivity contribution < 1.29 is 36.2 Å². The molecule has 8 nitrogen and oxygen atoms in total. The number of ether oxygens (including phenoxy) is 1. The number of aromatic nitrogens is 4. The molecule has 0 saturated carbocycles. The largest absolute Gasteiger partial charge is 0.486 e. The summed E-state index contributed by atoms with van der Waals surface area (Å²) in [6.45, 7) is -1.33. The zero-order valence-corrected chi connectivity index (χ0v) is 18.9. The molecule has 2 aromatic carbocycles. The van der Waals surface area contributed by atoms with Gasteiger partial charge in [-0.3, -0.25) is 14.3 Å². The number of rotatable bonds is 7. The van der Waals surface area contributed by atoms with Gasteiger partial charge in [0.1, 0.15) is 12.4 Å². The highest BCUT2D eigenvalue weighted by molar-refractivity contribution is 5.77. The number of aliphatic hydroxyl groups is 1. The van der Waals surface area contributed by atoms with Crippen LogP contribution in [0.5, 0.6) is 5.75 Å². The van der Waals surface area contributed by atoms with Crippen LogP contribution in [0.4, 0.5) is 26.3 Å². The molecule has 0 aliphatic heterocycles. The lowest BCUT2D eigenvalue weighted by atomic mass is 10.1. The summed E-state index contributed by atoms with van der Waals surface area (Å²) in [7, 11) is 1.35. The Morgan fingerprint density at radius 1 is 1.11 bits per heavy atom. The van der Waals surface area contributed by atoms with Crippen LogP contribution in [0, 0.1) is 5.82 Å². The van der Waals surface area contributed by atoms with Gasteiger partial charge in [-0.15, -0.1) is 0 Å². The predicted molar refractivity (Wildman–Crippen MR) is 119 cm³/mol. The smallest absolute Gasteiger partial charge is 0.416 e. The number of nitrogens with one attached hydrogen (secondary N) is 1. The molecule has 0 fully saturated rings. The Kier molecular flexibility index (Phi) is 6.86. The van der Waals surface area contributed by atoms with Gasteiger partial charge in [0.05, 0.1) is 6.54 Å². The molecular weight excluding hydrogens is 510 g/mol. The predicted octanol–water partition coefficient (Wildman–Crippen LogP) is 3.67. The van der Waals surface area contributed by atoms with Crippen LogP contribution in [0.3, 0.4) is 0 Å². The van der Waals surface area contributed by atoms with E-state index in [-0.39, 0.29) is 34.8 Å². The van der Waals surface area contributed by atoms with Crippen molar-refractivity contribution in [2.75, 3.05) is 0 Å². The molecule has 0 amide bonds. The molecule has 1 unspecified atom stereocenters. The Labute approximate surface area is 203 Å². The molecule has 37 heavy (non-hydrogen) atoms. The average molecular weight is 528 g/mol. The molecule has 2 aromatic heterocycles. The van der Waals surface area contributed by atoms with Gasteiger partial charge in [-0.2, -0.15) is 13.2 Å². The summed E-state index contributed by atoms with van der Waals surface area (Å²) < 4.78 is 85.7. The van der Waals surface area contributed by atoms with Crippen LogP contribution in [0.25, 0.3) is 22.6 Å². The molecule has 2 heterocycles. The molecule has 4 aromatic rings. The van der Waals surface area contributed by atoms with Gasteiger partial charge >= 0.3 is 11.9 Å². The van der Waals surface area contributed by atoms with Crippen molar-refractivity contribution in [3.63, 3.8) is 0 Å². The maximum absolute atomic E-state index is 14.8. The van der Waals surface area contributed by atoms with E-state index in [2.05, 4.69) is 4.98 Å². The van der Waals surface area contributed by atoms with E-state index in [9.17, 15) is 41.0 Å². The van der Waals surface area contributed by atoms with Crippen LogP contribution in [0.1, 0.15) is 17.6 Å². The molecule has 0 bridgehead atoms. The van der Waals surface area contributed by atoms with Crippen LogP contribution in [0.15, 0.2) is 52.1 Å². The highest BCUT2D eigenvalue weighted by atomic mass is 19.4. The Morgan fingerprint density at radius 2 is 1.78 bits per heavy atom.